The minimum Gasteiger partial charge on any atom is -0.494 e. The van der Waals surface area contributed by atoms with E-state index in [1.54, 1.807) is 6.92 Å². The highest BCUT2D eigenvalue weighted by atomic mass is 16.5. The molecule has 0 bridgehead atoms. The molecule has 0 aliphatic heterocycles. The van der Waals surface area contributed by atoms with Gasteiger partial charge in [-0.2, -0.15) is 0 Å². The van der Waals surface area contributed by atoms with Crippen molar-refractivity contribution in [2.45, 2.75) is 39.2 Å². The third kappa shape index (κ3) is 5.92. The zero-order chi connectivity index (χ0) is 24.6. The summed E-state index contributed by atoms with van der Waals surface area (Å²) < 4.78 is 17.2. The van der Waals surface area contributed by atoms with Crippen LogP contribution in [0, 0.1) is 0 Å². The predicted octanol–water partition coefficient (Wildman–Crippen LogP) is 6.39. The highest BCUT2D eigenvalue weighted by Gasteiger charge is 2.23. The standard InChI is InChI=1S/C30H32O5/c1-3-5-17-34-23-14-15-26-27(24-8-6-7-9-25(24)28(26)20-23)16-18-35-22-12-10-21(11-13-22)19-29(30(31)32)33-4-2/h6-16,20,29H,3-5,17-19H2,1-2H3,(H,31,32). The number of hydrogen-bond acceptors (Lipinski definition) is 4. The van der Waals surface area contributed by atoms with Gasteiger partial charge in [-0.3, -0.25) is 0 Å². The molecule has 0 fully saturated rings. The smallest absolute Gasteiger partial charge is 0.333 e. The van der Waals surface area contributed by atoms with Crippen molar-refractivity contribution >= 4 is 11.5 Å². The maximum absolute atomic E-state index is 11.3. The molecular formula is C30H32O5. The summed E-state index contributed by atoms with van der Waals surface area (Å²) in [6.07, 6.45) is 3.76. The van der Waals surface area contributed by atoms with Crippen molar-refractivity contribution in [1.82, 2.24) is 0 Å². The first-order valence-electron chi connectivity index (χ1n) is 12.2. The summed E-state index contributed by atoms with van der Waals surface area (Å²) in [4.78, 5) is 11.3. The number of rotatable bonds is 12. The van der Waals surface area contributed by atoms with Crippen LogP contribution in [-0.4, -0.2) is 37.0 Å². The van der Waals surface area contributed by atoms with Gasteiger partial charge in [0.25, 0.3) is 0 Å². The van der Waals surface area contributed by atoms with Crippen molar-refractivity contribution < 1.29 is 24.1 Å². The van der Waals surface area contributed by atoms with Crippen molar-refractivity contribution in [3.63, 3.8) is 0 Å². The predicted molar refractivity (Wildman–Crippen MR) is 138 cm³/mol. The van der Waals surface area contributed by atoms with Gasteiger partial charge in [0, 0.05) is 13.0 Å². The average molecular weight is 473 g/mol. The van der Waals surface area contributed by atoms with Gasteiger partial charge in [0.15, 0.2) is 6.10 Å². The van der Waals surface area contributed by atoms with Crippen LogP contribution in [0.4, 0.5) is 0 Å². The lowest BCUT2D eigenvalue weighted by Crippen LogP contribution is -2.26. The van der Waals surface area contributed by atoms with E-state index in [1.807, 2.05) is 30.3 Å². The summed E-state index contributed by atoms with van der Waals surface area (Å²) in [6, 6.07) is 22.2. The Balaban J connectivity index is 1.45. The molecule has 1 N–H and O–H groups in total. The number of unbranched alkanes of at least 4 members (excludes halogenated alkanes) is 1. The number of aliphatic carboxylic acids is 1. The van der Waals surface area contributed by atoms with Crippen molar-refractivity contribution in [3.05, 3.63) is 89.5 Å². The van der Waals surface area contributed by atoms with Crippen molar-refractivity contribution in [1.29, 1.82) is 0 Å². The van der Waals surface area contributed by atoms with Gasteiger partial charge in [0.1, 0.15) is 18.1 Å². The Labute approximate surface area is 207 Å². The Morgan fingerprint density at radius 2 is 1.60 bits per heavy atom. The van der Waals surface area contributed by atoms with E-state index < -0.39 is 12.1 Å². The van der Waals surface area contributed by atoms with Crippen LogP contribution in [0.25, 0.3) is 16.7 Å². The molecule has 1 atom stereocenters. The summed E-state index contributed by atoms with van der Waals surface area (Å²) in [6.45, 7) is 5.48. The van der Waals surface area contributed by atoms with Crippen molar-refractivity contribution in [3.8, 4) is 22.6 Å². The SMILES string of the molecule is CCCCOc1ccc2c(c1)-c1ccccc1C2=CCOc1ccc(CC(OCC)C(=O)O)cc1. The van der Waals surface area contributed by atoms with Crippen LogP contribution in [-0.2, 0) is 16.0 Å². The fraction of sp³-hybridized carbons (Fsp3) is 0.300. The van der Waals surface area contributed by atoms with Crippen LogP contribution in [0.3, 0.4) is 0 Å². The molecule has 1 unspecified atom stereocenters. The van der Waals surface area contributed by atoms with Crippen LogP contribution >= 0.6 is 0 Å². The molecule has 0 amide bonds. The van der Waals surface area contributed by atoms with Gasteiger partial charge in [-0.15, -0.1) is 0 Å². The number of carboxylic acids is 1. The van der Waals surface area contributed by atoms with E-state index in [4.69, 9.17) is 14.2 Å². The Morgan fingerprint density at radius 3 is 2.31 bits per heavy atom. The summed E-state index contributed by atoms with van der Waals surface area (Å²) in [5.74, 6) is 0.690. The van der Waals surface area contributed by atoms with E-state index in [2.05, 4.69) is 49.4 Å². The van der Waals surface area contributed by atoms with E-state index in [0.29, 0.717) is 19.6 Å². The van der Waals surface area contributed by atoms with Gasteiger partial charge in [-0.25, -0.2) is 4.79 Å². The molecule has 1 aliphatic carbocycles. The molecule has 5 heteroatoms. The van der Waals surface area contributed by atoms with Crippen molar-refractivity contribution in [2.24, 2.45) is 0 Å². The van der Waals surface area contributed by atoms with E-state index in [-0.39, 0.29) is 0 Å². The molecule has 0 radical (unpaired) electrons. The van der Waals surface area contributed by atoms with E-state index in [0.717, 1.165) is 42.1 Å². The molecule has 3 aromatic carbocycles. The molecule has 4 rings (SSSR count). The number of ether oxygens (including phenoxy) is 3. The monoisotopic (exact) mass is 472 g/mol. The number of carboxylic acid groups (broad SMARTS) is 1. The lowest BCUT2D eigenvalue weighted by molar-refractivity contribution is -0.149. The Bertz CT molecular complexity index is 1180. The van der Waals surface area contributed by atoms with Crippen LogP contribution in [0.5, 0.6) is 11.5 Å². The molecule has 0 heterocycles. The average Bonchev–Trinajstić information content (AvgIpc) is 3.18. The zero-order valence-corrected chi connectivity index (χ0v) is 20.3. The first kappa shape index (κ1) is 24.6. The van der Waals surface area contributed by atoms with Crippen LogP contribution < -0.4 is 9.47 Å². The molecule has 182 valence electrons. The minimum atomic E-state index is -0.949. The molecule has 1 aliphatic rings. The van der Waals surface area contributed by atoms with Gasteiger partial charge in [0.2, 0.25) is 0 Å². The molecule has 0 aromatic heterocycles. The van der Waals surface area contributed by atoms with E-state index >= 15 is 0 Å². The van der Waals surface area contributed by atoms with Gasteiger partial charge in [-0.1, -0.05) is 55.8 Å². The first-order valence-corrected chi connectivity index (χ1v) is 12.2. The second-order valence-electron chi connectivity index (χ2n) is 8.51. The summed E-state index contributed by atoms with van der Waals surface area (Å²) >= 11 is 0. The first-order chi connectivity index (χ1) is 17.1. The molecule has 0 saturated carbocycles. The quantitative estimate of drug-likeness (QED) is 0.242. The van der Waals surface area contributed by atoms with Crippen LogP contribution in [0.15, 0.2) is 72.8 Å². The normalized spacial score (nSPS) is 13.8. The van der Waals surface area contributed by atoms with Crippen LogP contribution in [0.1, 0.15) is 43.4 Å². The molecule has 35 heavy (non-hydrogen) atoms. The molecule has 5 nitrogen and oxygen atoms in total. The highest BCUT2D eigenvalue weighted by Crippen LogP contribution is 2.45. The Morgan fingerprint density at radius 1 is 0.886 bits per heavy atom. The van der Waals surface area contributed by atoms with E-state index in [9.17, 15) is 9.90 Å². The number of fused-ring (bicyclic) bond motifs is 3. The number of benzene rings is 3. The second-order valence-corrected chi connectivity index (χ2v) is 8.51. The summed E-state index contributed by atoms with van der Waals surface area (Å²) in [5.41, 5.74) is 6.83. The Kier molecular flexibility index (Phi) is 8.22. The van der Waals surface area contributed by atoms with E-state index in [1.165, 1.54) is 22.3 Å². The fourth-order valence-electron chi connectivity index (χ4n) is 4.30. The Hall–Kier alpha value is -3.57. The number of carbonyl (C=O) groups is 1. The number of hydrogen-bond donors (Lipinski definition) is 1. The highest BCUT2D eigenvalue weighted by molar-refractivity contribution is 6.01. The lowest BCUT2D eigenvalue weighted by atomic mass is 10.0. The molecule has 0 saturated heterocycles. The largest absolute Gasteiger partial charge is 0.494 e. The minimum absolute atomic E-state index is 0.325. The third-order valence-corrected chi connectivity index (χ3v) is 6.08. The zero-order valence-electron chi connectivity index (χ0n) is 20.3. The molecular weight excluding hydrogens is 440 g/mol. The topological polar surface area (TPSA) is 65.0 Å². The maximum atomic E-state index is 11.3. The maximum Gasteiger partial charge on any atom is 0.333 e. The summed E-state index contributed by atoms with van der Waals surface area (Å²) in [5, 5.41) is 9.28. The third-order valence-electron chi connectivity index (χ3n) is 6.08. The molecule has 0 spiro atoms. The van der Waals surface area contributed by atoms with Gasteiger partial charge in [-0.05, 0) is 77.1 Å². The van der Waals surface area contributed by atoms with Gasteiger partial charge < -0.3 is 19.3 Å². The fourth-order valence-corrected chi connectivity index (χ4v) is 4.30. The van der Waals surface area contributed by atoms with Gasteiger partial charge in [0.05, 0.1) is 6.61 Å². The van der Waals surface area contributed by atoms with Gasteiger partial charge >= 0.3 is 5.97 Å². The van der Waals surface area contributed by atoms with Crippen LogP contribution in [0.2, 0.25) is 0 Å². The van der Waals surface area contributed by atoms with Crippen molar-refractivity contribution in [2.75, 3.05) is 19.8 Å². The second kappa shape index (κ2) is 11.7. The summed E-state index contributed by atoms with van der Waals surface area (Å²) in [7, 11) is 0. The molecule has 3 aromatic rings. The lowest BCUT2D eigenvalue weighted by Gasteiger charge is -2.12.